The van der Waals surface area contributed by atoms with E-state index in [2.05, 4.69) is 20.4 Å². The summed E-state index contributed by atoms with van der Waals surface area (Å²) < 4.78 is 1.89. The van der Waals surface area contributed by atoms with Crippen LogP contribution in [-0.4, -0.2) is 29.8 Å². The lowest BCUT2D eigenvalue weighted by Crippen LogP contribution is -2.09. The average molecular weight is 193 g/mol. The SMILES string of the molecule is Cc1nnc(Cn2ncc(N)n2)n1C. The molecule has 7 heteroatoms. The van der Waals surface area contributed by atoms with Crippen LogP contribution in [0.3, 0.4) is 0 Å². The maximum atomic E-state index is 5.44. The Hall–Kier alpha value is -1.92. The zero-order chi connectivity index (χ0) is 10.1. The number of hydrogen-bond donors (Lipinski definition) is 1. The largest absolute Gasteiger partial charge is 0.381 e. The van der Waals surface area contributed by atoms with E-state index in [1.54, 1.807) is 0 Å². The molecule has 0 spiro atoms. The molecule has 0 aliphatic heterocycles. The summed E-state index contributed by atoms with van der Waals surface area (Å²) in [4.78, 5) is 1.48. The van der Waals surface area contributed by atoms with E-state index < -0.39 is 0 Å². The van der Waals surface area contributed by atoms with E-state index in [-0.39, 0.29) is 0 Å². The average Bonchev–Trinajstić information content (AvgIpc) is 2.67. The Balaban J connectivity index is 2.22. The third-order valence-corrected chi connectivity index (χ3v) is 2.02. The Morgan fingerprint density at radius 1 is 1.43 bits per heavy atom. The van der Waals surface area contributed by atoms with Crippen LogP contribution in [0.4, 0.5) is 5.82 Å². The van der Waals surface area contributed by atoms with E-state index in [4.69, 9.17) is 5.73 Å². The van der Waals surface area contributed by atoms with Crippen LogP contribution >= 0.6 is 0 Å². The van der Waals surface area contributed by atoms with Crippen molar-refractivity contribution in [2.45, 2.75) is 13.5 Å². The zero-order valence-electron chi connectivity index (χ0n) is 8.05. The molecule has 2 rings (SSSR count). The molecule has 2 aromatic rings. The molecule has 14 heavy (non-hydrogen) atoms. The van der Waals surface area contributed by atoms with Crippen LogP contribution in [0, 0.1) is 6.92 Å². The first kappa shape index (κ1) is 8.67. The van der Waals surface area contributed by atoms with Gasteiger partial charge in [0.05, 0.1) is 6.20 Å². The molecular formula is C7H11N7. The maximum absolute atomic E-state index is 5.44. The van der Waals surface area contributed by atoms with Gasteiger partial charge in [0.1, 0.15) is 12.4 Å². The Bertz CT molecular complexity index is 441. The molecule has 0 fully saturated rings. The fourth-order valence-corrected chi connectivity index (χ4v) is 1.10. The molecule has 0 aromatic carbocycles. The fraction of sp³-hybridized carbons (Fsp3) is 0.429. The van der Waals surface area contributed by atoms with Crippen LogP contribution in [0.5, 0.6) is 0 Å². The van der Waals surface area contributed by atoms with E-state index in [9.17, 15) is 0 Å². The Morgan fingerprint density at radius 2 is 2.21 bits per heavy atom. The van der Waals surface area contributed by atoms with Gasteiger partial charge < -0.3 is 10.3 Å². The topological polar surface area (TPSA) is 87.4 Å². The second kappa shape index (κ2) is 3.09. The lowest BCUT2D eigenvalue weighted by Gasteiger charge is -1.99. The van der Waals surface area contributed by atoms with Crippen molar-refractivity contribution in [2.24, 2.45) is 7.05 Å². The van der Waals surface area contributed by atoms with Crippen molar-refractivity contribution in [3.8, 4) is 0 Å². The van der Waals surface area contributed by atoms with Crippen LogP contribution in [0.15, 0.2) is 6.20 Å². The summed E-state index contributed by atoms with van der Waals surface area (Å²) >= 11 is 0. The van der Waals surface area contributed by atoms with Gasteiger partial charge >= 0.3 is 0 Å². The molecule has 2 N–H and O–H groups in total. The molecular weight excluding hydrogens is 182 g/mol. The Morgan fingerprint density at radius 3 is 2.71 bits per heavy atom. The summed E-state index contributed by atoms with van der Waals surface area (Å²) in [6.07, 6.45) is 1.50. The van der Waals surface area contributed by atoms with Crippen molar-refractivity contribution in [3.63, 3.8) is 0 Å². The van der Waals surface area contributed by atoms with Crippen LogP contribution in [0.1, 0.15) is 11.6 Å². The summed E-state index contributed by atoms with van der Waals surface area (Å²) in [5.74, 6) is 2.07. The smallest absolute Gasteiger partial charge is 0.165 e. The molecule has 0 aliphatic rings. The van der Waals surface area contributed by atoms with E-state index in [0.717, 1.165) is 11.6 Å². The predicted octanol–water partition coefficient (Wildman–Crippen LogP) is -0.654. The maximum Gasteiger partial charge on any atom is 0.165 e. The van der Waals surface area contributed by atoms with Crippen molar-refractivity contribution >= 4 is 5.82 Å². The normalized spacial score (nSPS) is 10.7. The minimum atomic E-state index is 0.406. The first-order valence-electron chi connectivity index (χ1n) is 4.17. The highest BCUT2D eigenvalue weighted by Crippen LogP contribution is 2.00. The lowest BCUT2D eigenvalue weighted by molar-refractivity contribution is 0.556. The standard InChI is InChI=1S/C7H11N7/c1-5-10-11-7(13(5)2)4-14-9-3-6(8)12-14/h3H,4H2,1-2H3,(H2,8,12). The molecule has 0 radical (unpaired) electrons. The van der Waals surface area contributed by atoms with Gasteiger partial charge in [-0.3, -0.25) is 0 Å². The molecule has 0 amide bonds. The van der Waals surface area contributed by atoms with Gasteiger partial charge in [-0.25, -0.2) is 0 Å². The number of nitrogens with two attached hydrogens (primary N) is 1. The Kier molecular flexibility index (Phi) is 1.91. The molecule has 0 bridgehead atoms. The summed E-state index contributed by atoms with van der Waals surface area (Å²) in [5, 5.41) is 15.8. The first-order valence-corrected chi connectivity index (χ1v) is 4.17. The summed E-state index contributed by atoms with van der Waals surface area (Å²) in [5.41, 5.74) is 5.44. The van der Waals surface area contributed by atoms with Crippen molar-refractivity contribution in [1.82, 2.24) is 29.8 Å². The van der Waals surface area contributed by atoms with Crippen molar-refractivity contribution in [2.75, 3.05) is 5.73 Å². The minimum Gasteiger partial charge on any atom is -0.381 e. The first-order chi connectivity index (χ1) is 6.66. The molecule has 0 saturated carbocycles. The van der Waals surface area contributed by atoms with Crippen molar-refractivity contribution in [1.29, 1.82) is 0 Å². The highest BCUT2D eigenvalue weighted by molar-refractivity contribution is 5.19. The molecule has 0 saturated heterocycles. The fourth-order valence-electron chi connectivity index (χ4n) is 1.10. The summed E-state index contributed by atoms with van der Waals surface area (Å²) in [6.45, 7) is 2.37. The van der Waals surface area contributed by atoms with E-state index in [0.29, 0.717) is 12.4 Å². The number of nitrogens with zero attached hydrogens (tertiary/aromatic N) is 6. The van der Waals surface area contributed by atoms with Gasteiger partial charge in [0.2, 0.25) is 0 Å². The lowest BCUT2D eigenvalue weighted by atomic mass is 10.6. The zero-order valence-corrected chi connectivity index (χ0v) is 8.05. The molecule has 2 aromatic heterocycles. The third kappa shape index (κ3) is 1.43. The van der Waals surface area contributed by atoms with Gasteiger partial charge in [-0.1, -0.05) is 0 Å². The number of anilines is 1. The predicted molar refractivity (Wildman–Crippen MR) is 49.3 cm³/mol. The third-order valence-electron chi connectivity index (χ3n) is 2.02. The van der Waals surface area contributed by atoms with Gasteiger partial charge in [-0.15, -0.1) is 15.3 Å². The molecule has 0 aliphatic carbocycles. The van der Waals surface area contributed by atoms with Crippen molar-refractivity contribution in [3.05, 3.63) is 17.8 Å². The minimum absolute atomic E-state index is 0.406. The number of aryl methyl sites for hydroxylation is 1. The van der Waals surface area contributed by atoms with Crippen LogP contribution in [-0.2, 0) is 13.6 Å². The number of hydrogen-bond acceptors (Lipinski definition) is 5. The van der Waals surface area contributed by atoms with Crippen LogP contribution < -0.4 is 5.73 Å². The monoisotopic (exact) mass is 193 g/mol. The van der Waals surface area contributed by atoms with E-state index >= 15 is 0 Å². The summed E-state index contributed by atoms with van der Waals surface area (Å²) in [6, 6.07) is 0. The molecule has 2 heterocycles. The number of rotatable bonds is 2. The second-order valence-corrected chi connectivity index (χ2v) is 3.02. The van der Waals surface area contributed by atoms with Crippen LogP contribution in [0.25, 0.3) is 0 Å². The van der Waals surface area contributed by atoms with E-state index in [1.807, 2.05) is 18.5 Å². The quantitative estimate of drug-likeness (QED) is 0.684. The highest BCUT2D eigenvalue weighted by atomic mass is 15.5. The van der Waals surface area contributed by atoms with Crippen molar-refractivity contribution < 1.29 is 0 Å². The van der Waals surface area contributed by atoms with Gasteiger partial charge in [0.15, 0.2) is 11.6 Å². The summed E-state index contributed by atoms with van der Waals surface area (Å²) in [7, 11) is 1.90. The molecule has 0 atom stereocenters. The molecule has 0 unspecified atom stereocenters. The second-order valence-electron chi connectivity index (χ2n) is 3.02. The molecule has 74 valence electrons. The number of aromatic nitrogens is 6. The Labute approximate surface area is 80.5 Å². The van der Waals surface area contributed by atoms with Gasteiger partial charge in [-0.05, 0) is 6.92 Å². The van der Waals surface area contributed by atoms with Gasteiger partial charge in [0.25, 0.3) is 0 Å². The highest BCUT2D eigenvalue weighted by Gasteiger charge is 2.06. The number of nitrogen functional groups attached to an aromatic ring is 1. The van der Waals surface area contributed by atoms with E-state index in [1.165, 1.54) is 11.0 Å². The van der Waals surface area contributed by atoms with Gasteiger partial charge in [0, 0.05) is 7.05 Å². The van der Waals surface area contributed by atoms with Crippen LogP contribution in [0.2, 0.25) is 0 Å². The van der Waals surface area contributed by atoms with Gasteiger partial charge in [-0.2, -0.15) is 9.90 Å². The molecule has 7 nitrogen and oxygen atoms in total.